The molecule has 2 aliphatic rings. The number of anilines is 1. The minimum absolute atomic E-state index is 0.0989. The van der Waals surface area contributed by atoms with E-state index in [1.54, 1.807) is 41.3 Å². The third kappa shape index (κ3) is 13.5. The summed E-state index contributed by atoms with van der Waals surface area (Å²) in [4.78, 5) is 67.5. The van der Waals surface area contributed by atoms with Gasteiger partial charge in [0.25, 0.3) is 5.91 Å². The van der Waals surface area contributed by atoms with Gasteiger partial charge in [-0.05, 0) is 146 Å². The van der Waals surface area contributed by atoms with Crippen LogP contribution < -0.4 is 21.3 Å². The van der Waals surface area contributed by atoms with Crippen LogP contribution in [0.3, 0.4) is 0 Å². The zero-order chi connectivity index (χ0) is 46.2. The number of carbonyl (C=O) groups excluding carboxylic acids is 5. The molecule has 0 spiro atoms. The second-order valence-electron chi connectivity index (χ2n) is 18.8. The summed E-state index contributed by atoms with van der Waals surface area (Å²) >= 11 is 6.78. The van der Waals surface area contributed by atoms with Gasteiger partial charge >= 0.3 is 12.2 Å². The number of H-pyrrole nitrogens is 1. The Balaban J connectivity index is 1.08. The van der Waals surface area contributed by atoms with Gasteiger partial charge < -0.3 is 35.6 Å². The number of nitrogens with one attached hydrogen (secondary N) is 5. The Hall–Kier alpha value is -6.03. The van der Waals surface area contributed by atoms with E-state index in [2.05, 4.69) is 41.9 Å². The van der Waals surface area contributed by atoms with E-state index in [0.717, 1.165) is 35.1 Å². The van der Waals surface area contributed by atoms with Gasteiger partial charge in [0.05, 0.1) is 0 Å². The summed E-state index contributed by atoms with van der Waals surface area (Å²) < 4.78 is 10.9. The van der Waals surface area contributed by atoms with Crippen molar-refractivity contribution in [1.82, 2.24) is 41.5 Å². The number of nitrogens with zero attached hydrogens (tertiary/aromatic N) is 4. The largest absolute Gasteiger partial charge is 0.444 e. The van der Waals surface area contributed by atoms with Crippen molar-refractivity contribution in [1.29, 1.82) is 0 Å². The number of likely N-dealkylation sites (tertiary alicyclic amines) is 1. The van der Waals surface area contributed by atoms with Crippen LogP contribution in [0.4, 0.5) is 15.3 Å². The fraction of sp³-hybridized carbons (Fsp3) is 0.489. The van der Waals surface area contributed by atoms with Crippen LogP contribution >= 0.6 is 11.6 Å². The lowest BCUT2D eigenvalue weighted by Gasteiger charge is -2.38. The highest BCUT2D eigenvalue weighted by Gasteiger charge is 2.33. The third-order valence-corrected chi connectivity index (χ3v) is 11.6. The summed E-state index contributed by atoms with van der Waals surface area (Å²) in [5.74, 6) is -0.455. The quantitative estimate of drug-likeness (QED) is 0.0936. The number of alkyl carbamates (subject to hydrolysis) is 1. The number of halogens is 1. The highest BCUT2D eigenvalue weighted by atomic mass is 35.5. The number of hydrogen-bond acceptors (Lipinski definition) is 10. The van der Waals surface area contributed by atoms with Crippen molar-refractivity contribution in [2.24, 2.45) is 11.8 Å². The van der Waals surface area contributed by atoms with E-state index in [4.69, 9.17) is 21.1 Å². The Morgan fingerprint density at radius 1 is 0.859 bits per heavy atom. The third-order valence-electron chi connectivity index (χ3n) is 11.3. The highest BCUT2D eigenvalue weighted by Crippen LogP contribution is 2.31. The summed E-state index contributed by atoms with van der Waals surface area (Å²) in [5.41, 5.74) is 2.86. The number of carbonyl (C=O) groups is 5. The fourth-order valence-electron chi connectivity index (χ4n) is 8.00. The van der Waals surface area contributed by atoms with Crippen molar-refractivity contribution in [2.45, 2.75) is 123 Å². The molecule has 5 N–H and O–H groups in total. The van der Waals surface area contributed by atoms with Crippen molar-refractivity contribution in [3.05, 3.63) is 82.9 Å². The zero-order valence-corrected chi connectivity index (χ0v) is 38.4. The second-order valence-corrected chi connectivity index (χ2v) is 19.2. The summed E-state index contributed by atoms with van der Waals surface area (Å²) in [7, 11) is 0. The van der Waals surface area contributed by atoms with Crippen LogP contribution in [0.1, 0.15) is 103 Å². The molecule has 5 amide bonds. The number of ether oxygens (including phenoxy) is 2. The lowest BCUT2D eigenvalue weighted by atomic mass is 9.81. The molecular weight excluding hydrogens is 838 g/mol. The maximum Gasteiger partial charge on any atom is 0.410 e. The van der Waals surface area contributed by atoms with Crippen molar-refractivity contribution in [2.75, 3.05) is 18.4 Å². The van der Waals surface area contributed by atoms with Crippen LogP contribution in [0.5, 0.6) is 0 Å². The van der Waals surface area contributed by atoms with E-state index in [1.165, 1.54) is 0 Å². The highest BCUT2D eigenvalue weighted by molar-refractivity contribution is 6.33. The summed E-state index contributed by atoms with van der Waals surface area (Å²) in [6.45, 7) is 13.9. The molecular formula is C47H60ClN9O7. The van der Waals surface area contributed by atoms with Crippen molar-refractivity contribution in [3.63, 3.8) is 0 Å². The minimum Gasteiger partial charge on any atom is -0.444 e. The topological polar surface area (TPSA) is 210 Å². The molecule has 17 heteroatoms. The van der Waals surface area contributed by atoms with Crippen LogP contribution in [-0.4, -0.2) is 97.8 Å². The fourth-order valence-corrected chi connectivity index (χ4v) is 8.29. The Bertz CT molecular complexity index is 2250. The van der Waals surface area contributed by atoms with E-state index in [-0.39, 0.29) is 54.2 Å². The van der Waals surface area contributed by atoms with E-state index in [9.17, 15) is 24.0 Å². The number of aromatic nitrogens is 4. The van der Waals surface area contributed by atoms with Gasteiger partial charge in [-0.2, -0.15) is 5.21 Å². The number of tetrazole rings is 1. The van der Waals surface area contributed by atoms with Gasteiger partial charge in [0, 0.05) is 64.9 Å². The van der Waals surface area contributed by atoms with Crippen LogP contribution in [0.15, 0.2) is 66.7 Å². The molecule has 0 bridgehead atoms. The van der Waals surface area contributed by atoms with Crippen molar-refractivity contribution < 1.29 is 33.4 Å². The van der Waals surface area contributed by atoms with Crippen LogP contribution in [0, 0.1) is 11.8 Å². The molecule has 4 aromatic rings. The molecule has 16 nitrogen and oxygen atoms in total. The monoisotopic (exact) mass is 897 g/mol. The smallest absolute Gasteiger partial charge is 0.410 e. The van der Waals surface area contributed by atoms with Crippen LogP contribution in [0.25, 0.3) is 22.5 Å². The van der Waals surface area contributed by atoms with E-state index >= 15 is 0 Å². The Labute approximate surface area is 379 Å². The molecule has 342 valence electrons. The number of benzene rings is 3. The number of hydrogen-bond donors (Lipinski definition) is 5. The minimum atomic E-state index is -0.893. The van der Waals surface area contributed by atoms with Gasteiger partial charge in [-0.3, -0.25) is 14.4 Å². The summed E-state index contributed by atoms with van der Waals surface area (Å²) in [6, 6.07) is 18.7. The number of rotatable bonds is 12. The Kier molecular flexibility index (Phi) is 15.3. The molecule has 1 aliphatic carbocycles. The first-order valence-electron chi connectivity index (χ1n) is 21.9. The second kappa shape index (κ2) is 20.6. The molecule has 2 heterocycles. The molecule has 1 saturated carbocycles. The molecule has 0 radical (unpaired) electrons. The van der Waals surface area contributed by atoms with Gasteiger partial charge in [0.2, 0.25) is 17.6 Å². The number of amides is 5. The van der Waals surface area contributed by atoms with E-state index < -0.39 is 23.3 Å². The van der Waals surface area contributed by atoms with Crippen molar-refractivity contribution >= 4 is 47.2 Å². The molecule has 3 atom stereocenters. The SMILES string of the molecule is CC1CC(NC(=O)c2ccc(-c3ccc(C[C@H](NC(=O)C4CCC(CNC(=O)OC(C)(C)C)CC4)C(=O)Nc4ccc(-c5nn[nH]n5)cc4)cc3)c(Cl)c2)CCN1C(=O)OC(C)(C)C. The van der Waals surface area contributed by atoms with Crippen molar-refractivity contribution in [3.8, 4) is 22.5 Å². The van der Waals surface area contributed by atoms with Gasteiger partial charge in [0.1, 0.15) is 17.2 Å². The summed E-state index contributed by atoms with van der Waals surface area (Å²) in [5, 5.41) is 26.4. The standard InChI is InChI=1S/C47H60ClN9O7/c1-28-24-36(22-23-57(28)45(62)64-47(5,6)7)51-42(59)34-18-21-37(38(48)26-34)31-12-8-29(9-13-31)25-39(43(60)50-35-19-16-32(17-20-35)40-53-55-56-54-40)52-41(58)33-14-10-30(11-15-33)27-49-44(61)63-46(2,3)4/h8-9,12-13,16-21,26,28,30,33,36,39H,10-11,14-15,22-25,27H2,1-7H3,(H,49,61)(H,50,60)(H,51,59)(H,52,58)(H,53,54,55,56)/t28?,30?,33?,36?,39-/m0/s1. The van der Waals surface area contributed by atoms with Gasteiger partial charge in [-0.15, -0.1) is 10.2 Å². The molecule has 2 fully saturated rings. The number of piperidine rings is 1. The predicted octanol–water partition coefficient (Wildman–Crippen LogP) is 7.70. The molecule has 3 aromatic carbocycles. The van der Waals surface area contributed by atoms with E-state index in [1.807, 2.05) is 78.8 Å². The predicted molar refractivity (Wildman–Crippen MR) is 243 cm³/mol. The maximum atomic E-state index is 13.9. The Morgan fingerprint density at radius 2 is 1.53 bits per heavy atom. The zero-order valence-electron chi connectivity index (χ0n) is 37.6. The Morgan fingerprint density at radius 3 is 2.14 bits per heavy atom. The molecule has 1 saturated heterocycles. The average Bonchev–Trinajstić information content (AvgIpc) is 3.78. The lowest BCUT2D eigenvalue weighted by Crippen LogP contribution is -2.52. The van der Waals surface area contributed by atoms with Gasteiger partial charge in [-0.25, -0.2) is 9.59 Å². The molecule has 1 aliphatic heterocycles. The maximum absolute atomic E-state index is 13.9. The lowest BCUT2D eigenvalue weighted by molar-refractivity contribution is -0.130. The number of aromatic amines is 1. The van der Waals surface area contributed by atoms with E-state index in [0.29, 0.717) is 60.9 Å². The summed E-state index contributed by atoms with van der Waals surface area (Å²) in [6.07, 6.45) is 3.38. The normalized spacial score (nSPS) is 19.5. The molecule has 1 aromatic heterocycles. The first-order valence-corrected chi connectivity index (χ1v) is 22.3. The first-order chi connectivity index (χ1) is 30.3. The molecule has 6 rings (SSSR count). The van der Waals surface area contributed by atoms with Gasteiger partial charge in [-0.1, -0.05) is 41.9 Å². The van der Waals surface area contributed by atoms with Crippen LogP contribution in [0.2, 0.25) is 5.02 Å². The average molecular weight is 899 g/mol. The molecule has 64 heavy (non-hydrogen) atoms. The molecule has 2 unspecified atom stereocenters. The van der Waals surface area contributed by atoms with Crippen LogP contribution in [-0.2, 0) is 25.5 Å². The van der Waals surface area contributed by atoms with Gasteiger partial charge in [0.15, 0.2) is 0 Å². The first kappa shape index (κ1) is 47.4.